The van der Waals surface area contributed by atoms with Crippen LogP contribution in [0.1, 0.15) is 64.8 Å². The maximum Gasteiger partial charge on any atom is 0.325 e. The Morgan fingerprint density at radius 1 is 1.00 bits per heavy atom. The normalized spacial score (nSPS) is 13.0. The Labute approximate surface area is 222 Å². The van der Waals surface area contributed by atoms with Gasteiger partial charge in [0.05, 0.1) is 12.1 Å². The number of ketones is 2. The van der Waals surface area contributed by atoms with Crippen LogP contribution in [0.4, 0.5) is 0 Å². The Bertz CT molecular complexity index is 1440. The monoisotopic (exact) mass is 518 g/mol. The molecule has 1 amide bonds. The summed E-state index contributed by atoms with van der Waals surface area (Å²) in [4.78, 5) is 52.1. The number of hydrogen-bond donors (Lipinski definition) is 1. The number of nitrogens with one attached hydrogen (secondary N) is 1. The summed E-state index contributed by atoms with van der Waals surface area (Å²) >= 11 is 0. The fourth-order valence-corrected chi connectivity index (χ4v) is 4.76. The van der Waals surface area contributed by atoms with Crippen molar-refractivity contribution in [3.63, 3.8) is 0 Å². The molecule has 8 nitrogen and oxygen atoms in total. The first-order chi connectivity index (χ1) is 17.9. The Morgan fingerprint density at radius 3 is 2.42 bits per heavy atom. The summed E-state index contributed by atoms with van der Waals surface area (Å²) in [5, 5.41) is 4.26. The predicted molar refractivity (Wildman–Crippen MR) is 144 cm³/mol. The van der Waals surface area contributed by atoms with Gasteiger partial charge in [0.25, 0.3) is 0 Å². The number of carbonyl (C=O) groups is 4. The molecule has 1 heterocycles. The molecule has 200 valence electrons. The topological polar surface area (TPSA) is 106 Å². The van der Waals surface area contributed by atoms with E-state index in [9.17, 15) is 19.2 Å². The van der Waals surface area contributed by atoms with Gasteiger partial charge in [-0.1, -0.05) is 45.0 Å². The van der Waals surface area contributed by atoms with Crippen LogP contribution in [0.5, 0.6) is 0 Å². The SMILES string of the molecule is Cc1c(CN(C)CCOC(=O)CNC(=O)CC(C)(C)C)oc2c1C(=O)C(=O)c1c-2ccc2c(C)cccc12. The zero-order chi connectivity index (χ0) is 27.8. The zero-order valence-corrected chi connectivity index (χ0v) is 22.8. The van der Waals surface area contributed by atoms with E-state index in [1.165, 1.54) is 0 Å². The number of esters is 1. The largest absolute Gasteiger partial charge is 0.463 e. The number of amides is 1. The molecule has 0 saturated carbocycles. The van der Waals surface area contributed by atoms with Crippen LogP contribution in [0.15, 0.2) is 34.7 Å². The van der Waals surface area contributed by atoms with E-state index in [0.717, 1.165) is 16.3 Å². The van der Waals surface area contributed by atoms with E-state index in [2.05, 4.69) is 5.32 Å². The highest BCUT2D eigenvalue weighted by Gasteiger charge is 2.37. The van der Waals surface area contributed by atoms with Gasteiger partial charge in [0, 0.05) is 29.7 Å². The smallest absolute Gasteiger partial charge is 0.325 e. The third kappa shape index (κ3) is 5.55. The van der Waals surface area contributed by atoms with Gasteiger partial charge in [-0.05, 0) is 48.7 Å². The molecule has 0 spiro atoms. The van der Waals surface area contributed by atoms with Crippen molar-refractivity contribution < 1.29 is 28.3 Å². The number of likely N-dealkylation sites (N-methyl/N-ethyl adjacent to an activating group) is 1. The Balaban J connectivity index is 1.42. The Hall–Kier alpha value is -3.78. The van der Waals surface area contributed by atoms with E-state index in [-0.39, 0.29) is 24.5 Å². The number of aryl methyl sites for hydroxylation is 1. The average Bonchev–Trinajstić information content (AvgIpc) is 3.15. The summed E-state index contributed by atoms with van der Waals surface area (Å²) in [5.41, 5.74) is 2.84. The lowest BCUT2D eigenvalue weighted by atomic mass is 9.83. The fourth-order valence-electron chi connectivity index (χ4n) is 4.76. The highest BCUT2D eigenvalue weighted by atomic mass is 16.5. The molecule has 1 aliphatic carbocycles. The number of benzene rings is 2. The molecule has 0 unspecified atom stereocenters. The summed E-state index contributed by atoms with van der Waals surface area (Å²) in [7, 11) is 1.84. The summed E-state index contributed by atoms with van der Waals surface area (Å²) in [6.07, 6.45) is 0.323. The maximum absolute atomic E-state index is 13.2. The minimum atomic E-state index is -0.556. The first kappa shape index (κ1) is 27.3. The molecule has 1 N–H and O–H groups in total. The molecule has 8 heteroatoms. The second kappa shape index (κ2) is 10.5. The minimum absolute atomic E-state index is 0.134. The highest BCUT2D eigenvalue weighted by Crippen LogP contribution is 2.41. The molecule has 0 radical (unpaired) electrons. The Kier molecular flexibility index (Phi) is 7.56. The summed E-state index contributed by atoms with van der Waals surface area (Å²) < 4.78 is 11.4. The second-order valence-electron chi connectivity index (χ2n) is 11.1. The lowest BCUT2D eigenvalue weighted by molar-refractivity contribution is -0.144. The summed E-state index contributed by atoms with van der Waals surface area (Å²) in [6, 6.07) is 9.52. The minimum Gasteiger partial charge on any atom is -0.463 e. The lowest BCUT2D eigenvalue weighted by Gasteiger charge is -2.17. The van der Waals surface area contributed by atoms with Gasteiger partial charge < -0.3 is 14.5 Å². The number of nitrogens with zero attached hydrogens (tertiary/aromatic N) is 1. The zero-order valence-electron chi connectivity index (χ0n) is 22.8. The van der Waals surface area contributed by atoms with Crippen molar-refractivity contribution in [3.8, 4) is 11.3 Å². The molecule has 0 saturated heterocycles. The molecule has 0 fully saturated rings. The van der Waals surface area contributed by atoms with Crippen molar-refractivity contribution in [1.29, 1.82) is 0 Å². The quantitative estimate of drug-likeness (QED) is 0.343. The molecule has 38 heavy (non-hydrogen) atoms. The van der Waals surface area contributed by atoms with Crippen molar-refractivity contribution in [2.45, 2.75) is 47.6 Å². The first-order valence-corrected chi connectivity index (χ1v) is 12.7. The van der Waals surface area contributed by atoms with Gasteiger partial charge in [-0.25, -0.2) is 0 Å². The summed E-state index contributed by atoms with van der Waals surface area (Å²) in [6.45, 7) is 10.4. The molecular weight excluding hydrogens is 484 g/mol. The lowest BCUT2D eigenvalue weighted by Crippen LogP contribution is -2.34. The number of Topliss-reactive ketones (excluding diaryl/α,β-unsaturated/α-hetero) is 2. The van der Waals surface area contributed by atoms with Crippen molar-refractivity contribution in [3.05, 3.63) is 58.3 Å². The van der Waals surface area contributed by atoms with Crippen LogP contribution in [0, 0.1) is 19.3 Å². The van der Waals surface area contributed by atoms with E-state index >= 15 is 0 Å². The van der Waals surface area contributed by atoms with Gasteiger partial charge in [0.15, 0.2) is 0 Å². The molecule has 1 aromatic heterocycles. The third-order valence-corrected chi connectivity index (χ3v) is 6.70. The van der Waals surface area contributed by atoms with Crippen LogP contribution in [0.3, 0.4) is 0 Å². The number of hydrogen-bond acceptors (Lipinski definition) is 7. The van der Waals surface area contributed by atoms with E-state index < -0.39 is 17.5 Å². The molecular formula is C30H34N2O6. The average molecular weight is 519 g/mol. The van der Waals surface area contributed by atoms with Gasteiger partial charge >= 0.3 is 5.97 Å². The van der Waals surface area contributed by atoms with Crippen molar-refractivity contribution >= 4 is 34.2 Å². The predicted octanol–water partition coefficient (Wildman–Crippen LogP) is 4.62. The summed E-state index contributed by atoms with van der Waals surface area (Å²) in [5.74, 6) is -0.772. The van der Waals surface area contributed by atoms with Crippen LogP contribution in [-0.4, -0.2) is 55.1 Å². The van der Waals surface area contributed by atoms with E-state index in [1.807, 2.05) is 70.0 Å². The van der Waals surface area contributed by atoms with E-state index in [1.54, 1.807) is 6.92 Å². The van der Waals surface area contributed by atoms with Gasteiger partial charge in [0.2, 0.25) is 17.5 Å². The number of furan rings is 1. The molecule has 0 atom stereocenters. The number of ether oxygens (including phenoxy) is 1. The van der Waals surface area contributed by atoms with Crippen molar-refractivity contribution in [1.82, 2.24) is 10.2 Å². The number of carbonyl (C=O) groups excluding carboxylic acids is 4. The molecule has 1 aliphatic rings. The second-order valence-corrected chi connectivity index (χ2v) is 11.1. The van der Waals surface area contributed by atoms with Crippen LogP contribution in [-0.2, 0) is 20.9 Å². The number of rotatable bonds is 8. The maximum atomic E-state index is 13.2. The molecule has 2 aromatic carbocycles. The van der Waals surface area contributed by atoms with E-state index in [0.29, 0.717) is 53.3 Å². The van der Waals surface area contributed by atoms with Crippen LogP contribution < -0.4 is 5.32 Å². The fraction of sp³-hybridized carbons (Fsp3) is 0.400. The van der Waals surface area contributed by atoms with Gasteiger partial charge in [-0.15, -0.1) is 0 Å². The van der Waals surface area contributed by atoms with Crippen molar-refractivity contribution in [2.24, 2.45) is 5.41 Å². The van der Waals surface area contributed by atoms with Crippen molar-refractivity contribution in [2.75, 3.05) is 26.7 Å². The van der Waals surface area contributed by atoms with E-state index in [4.69, 9.17) is 9.15 Å². The van der Waals surface area contributed by atoms with Crippen LogP contribution >= 0.6 is 0 Å². The van der Waals surface area contributed by atoms with Gasteiger partial charge in [0.1, 0.15) is 24.7 Å². The van der Waals surface area contributed by atoms with Crippen LogP contribution in [0.25, 0.3) is 22.1 Å². The van der Waals surface area contributed by atoms with Gasteiger partial charge in [-0.2, -0.15) is 0 Å². The number of fused-ring (bicyclic) bond motifs is 5. The Morgan fingerprint density at radius 2 is 1.71 bits per heavy atom. The molecule has 0 bridgehead atoms. The standard InChI is InChI=1S/C30H34N2O6/c1-17-8-7-9-20-19(17)10-11-21-26(20)28(36)27(35)25-18(2)22(38-29(21)25)16-32(6)12-13-37-24(34)15-31-23(33)14-30(3,4)5/h7-11H,12-16H2,1-6H3,(H,31,33). The third-order valence-electron chi connectivity index (χ3n) is 6.70. The first-order valence-electron chi connectivity index (χ1n) is 12.7. The highest BCUT2D eigenvalue weighted by molar-refractivity contribution is 6.54. The molecule has 0 aliphatic heterocycles. The molecule has 3 aromatic rings. The molecule has 4 rings (SSSR count). The van der Waals surface area contributed by atoms with Crippen LogP contribution in [0.2, 0.25) is 0 Å². The van der Waals surface area contributed by atoms with Gasteiger partial charge in [-0.3, -0.25) is 24.1 Å².